The number of ether oxygens (including phenoxy) is 1. The second-order valence-corrected chi connectivity index (χ2v) is 4.78. The van der Waals surface area contributed by atoms with Crippen molar-refractivity contribution in [2.24, 2.45) is 5.92 Å². The van der Waals surface area contributed by atoms with Crippen LogP contribution < -0.4 is 0 Å². The molecule has 1 heterocycles. The molecule has 3 rings (SSSR count). The smallest absolute Gasteiger partial charge is 0.228 e. The van der Waals surface area contributed by atoms with Gasteiger partial charge in [0.1, 0.15) is 17.8 Å². The first kappa shape index (κ1) is 12.4. The highest BCUT2D eigenvalue weighted by molar-refractivity contribution is 6.26. The normalized spacial score (nSPS) is 29.1. The average molecular weight is 274 g/mol. The molecule has 0 saturated heterocycles. The molecule has 0 bridgehead atoms. The van der Waals surface area contributed by atoms with Crippen molar-refractivity contribution >= 4 is 17.3 Å². The Balaban J connectivity index is 2.19. The Hall–Kier alpha value is -2.63. The Morgan fingerprint density at radius 2 is 1.85 bits per heavy atom. The number of hydrogen-bond donors (Lipinski definition) is 2. The summed E-state index contributed by atoms with van der Waals surface area (Å²) in [7, 11) is 0. The van der Waals surface area contributed by atoms with E-state index in [1.165, 1.54) is 12.2 Å². The van der Waals surface area contributed by atoms with E-state index in [1.807, 2.05) is 0 Å². The molecule has 3 aliphatic rings. The van der Waals surface area contributed by atoms with Crippen LogP contribution in [0.1, 0.15) is 6.92 Å². The van der Waals surface area contributed by atoms with E-state index in [0.717, 1.165) is 6.08 Å². The summed E-state index contributed by atoms with van der Waals surface area (Å²) in [6.45, 7) is 1.57. The predicted octanol–water partition coefficient (Wildman–Crippen LogP) is 0.820. The zero-order chi connectivity index (χ0) is 14.6. The third-order valence-electron chi connectivity index (χ3n) is 3.44. The largest absolute Gasteiger partial charge is 0.507 e. The van der Waals surface area contributed by atoms with Crippen molar-refractivity contribution < 1.29 is 29.3 Å². The van der Waals surface area contributed by atoms with E-state index in [-0.39, 0.29) is 11.1 Å². The topological polar surface area (TPSA) is 101 Å². The van der Waals surface area contributed by atoms with Crippen LogP contribution in [0, 0.1) is 5.92 Å². The molecular formula is C14H10O6. The molecule has 6 heteroatoms. The molecule has 1 aliphatic heterocycles. The molecule has 2 aliphatic carbocycles. The second-order valence-electron chi connectivity index (χ2n) is 4.78. The van der Waals surface area contributed by atoms with Gasteiger partial charge in [-0.25, -0.2) is 0 Å². The van der Waals surface area contributed by atoms with Crippen LogP contribution in [0.25, 0.3) is 0 Å². The molecule has 102 valence electrons. The van der Waals surface area contributed by atoms with Gasteiger partial charge in [0.15, 0.2) is 17.3 Å². The molecule has 0 radical (unpaired) electrons. The van der Waals surface area contributed by atoms with Gasteiger partial charge in [0.05, 0.1) is 11.3 Å². The summed E-state index contributed by atoms with van der Waals surface area (Å²) in [6.07, 6.45) is 2.44. The molecule has 0 aromatic carbocycles. The van der Waals surface area contributed by atoms with Crippen LogP contribution >= 0.6 is 0 Å². The van der Waals surface area contributed by atoms with Gasteiger partial charge < -0.3 is 14.9 Å². The molecule has 6 nitrogen and oxygen atoms in total. The first-order chi connectivity index (χ1) is 9.40. The highest BCUT2D eigenvalue weighted by Crippen LogP contribution is 2.36. The fourth-order valence-corrected chi connectivity index (χ4v) is 2.57. The first-order valence-electron chi connectivity index (χ1n) is 5.94. The summed E-state index contributed by atoms with van der Waals surface area (Å²) in [5.41, 5.74) is -0.366. The minimum absolute atomic E-state index is 0.128. The molecule has 0 saturated carbocycles. The van der Waals surface area contributed by atoms with Gasteiger partial charge in [-0.05, 0) is 13.0 Å². The van der Waals surface area contributed by atoms with Crippen molar-refractivity contribution in [3.8, 4) is 0 Å². The van der Waals surface area contributed by atoms with Gasteiger partial charge in [-0.1, -0.05) is 0 Å². The zero-order valence-electron chi connectivity index (χ0n) is 10.4. The minimum atomic E-state index is -1.10. The monoisotopic (exact) mass is 274 g/mol. The summed E-state index contributed by atoms with van der Waals surface area (Å²) >= 11 is 0. The average Bonchev–Trinajstić information content (AvgIpc) is 2.34. The fraction of sp³-hybridized carbons (Fsp3) is 0.214. The number of rotatable bonds is 0. The van der Waals surface area contributed by atoms with Gasteiger partial charge in [0.2, 0.25) is 5.78 Å². The van der Waals surface area contributed by atoms with Gasteiger partial charge in [0, 0.05) is 17.7 Å². The van der Waals surface area contributed by atoms with Crippen molar-refractivity contribution in [3.63, 3.8) is 0 Å². The molecule has 2 unspecified atom stereocenters. The van der Waals surface area contributed by atoms with Crippen molar-refractivity contribution in [3.05, 3.63) is 46.7 Å². The zero-order valence-corrected chi connectivity index (χ0v) is 10.4. The molecule has 0 aromatic rings. The van der Waals surface area contributed by atoms with Crippen molar-refractivity contribution in [1.29, 1.82) is 0 Å². The summed E-state index contributed by atoms with van der Waals surface area (Å²) in [5, 5.41) is 19.2. The van der Waals surface area contributed by atoms with E-state index in [2.05, 4.69) is 0 Å². The van der Waals surface area contributed by atoms with E-state index in [0.29, 0.717) is 5.76 Å². The standard InChI is InChI=1S/C14H10O6/c1-5-2-7(15)12-10(20-5)3-6-11(14(12)19)8(16)4-9(17)13(6)18/h2-4,10,12,16-17H,1H3. The maximum atomic E-state index is 12.3. The lowest BCUT2D eigenvalue weighted by molar-refractivity contribution is -0.134. The number of allylic oxidation sites excluding steroid dienone is 5. The molecule has 2 atom stereocenters. The maximum absolute atomic E-state index is 12.3. The van der Waals surface area contributed by atoms with Crippen LogP contribution in [0.15, 0.2) is 46.7 Å². The molecule has 0 amide bonds. The quantitative estimate of drug-likeness (QED) is 0.634. The number of Topliss-reactive ketones (excluding diaryl/α,β-unsaturated/α-hetero) is 2. The third-order valence-corrected chi connectivity index (χ3v) is 3.44. The number of ketones is 3. The Labute approximate surface area is 113 Å². The van der Waals surface area contributed by atoms with Gasteiger partial charge in [-0.15, -0.1) is 0 Å². The van der Waals surface area contributed by atoms with Gasteiger partial charge in [-0.3, -0.25) is 14.4 Å². The highest BCUT2D eigenvalue weighted by Gasteiger charge is 2.46. The van der Waals surface area contributed by atoms with Gasteiger partial charge >= 0.3 is 0 Å². The van der Waals surface area contributed by atoms with E-state index in [1.54, 1.807) is 6.92 Å². The van der Waals surface area contributed by atoms with Crippen molar-refractivity contribution in [2.75, 3.05) is 0 Å². The summed E-state index contributed by atoms with van der Waals surface area (Å²) in [6, 6.07) is 0. The second kappa shape index (κ2) is 3.93. The lowest BCUT2D eigenvalue weighted by atomic mass is 9.75. The Kier molecular flexibility index (Phi) is 2.44. The summed E-state index contributed by atoms with van der Waals surface area (Å²) in [4.78, 5) is 36.1. The van der Waals surface area contributed by atoms with E-state index < -0.39 is 40.9 Å². The van der Waals surface area contributed by atoms with E-state index >= 15 is 0 Å². The van der Waals surface area contributed by atoms with Crippen molar-refractivity contribution in [1.82, 2.24) is 0 Å². The minimum Gasteiger partial charge on any atom is -0.507 e. The predicted molar refractivity (Wildman–Crippen MR) is 65.6 cm³/mol. The Morgan fingerprint density at radius 3 is 2.55 bits per heavy atom. The Morgan fingerprint density at radius 1 is 1.15 bits per heavy atom. The number of hydrogen-bond acceptors (Lipinski definition) is 6. The first-order valence-corrected chi connectivity index (χ1v) is 5.94. The number of aliphatic hydroxyl groups excluding tert-OH is 2. The molecule has 20 heavy (non-hydrogen) atoms. The van der Waals surface area contributed by atoms with Gasteiger partial charge in [0.25, 0.3) is 0 Å². The SMILES string of the molecule is CC1=CC(=O)C2C(=O)C3=C(O)C=C(O)C(=O)C3=CC2O1. The van der Waals surface area contributed by atoms with Crippen molar-refractivity contribution in [2.45, 2.75) is 13.0 Å². The van der Waals surface area contributed by atoms with Crippen LogP contribution in [-0.4, -0.2) is 33.7 Å². The lowest BCUT2D eigenvalue weighted by Gasteiger charge is -2.33. The number of carbonyl (C=O) groups is 3. The molecule has 0 fully saturated rings. The molecule has 0 spiro atoms. The molecule has 2 N–H and O–H groups in total. The van der Waals surface area contributed by atoms with E-state index in [4.69, 9.17) is 4.74 Å². The van der Waals surface area contributed by atoms with Gasteiger partial charge in [-0.2, -0.15) is 0 Å². The lowest BCUT2D eigenvalue weighted by Crippen LogP contribution is -2.43. The highest BCUT2D eigenvalue weighted by atomic mass is 16.5. The number of fused-ring (bicyclic) bond motifs is 2. The van der Waals surface area contributed by atoms with Crippen LogP contribution in [0.4, 0.5) is 0 Å². The number of aliphatic hydroxyl groups is 2. The summed E-state index contributed by atoms with van der Waals surface area (Å²) in [5.74, 6) is -3.79. The third kappa shape index (κ3) is 1.54. The molecular weight excluding hydrogens is 264 g/mol. The molecule has 0 aromatic heterocycles. The summed E-state index contributed by atoms with van der Waals surface area (Å²) < 4.78 is 5.38. The van der Waals surface area contributed by atoms with Crippen LogP contribution in [0.5, 0.6) is 0 Å². The Bertz CT molecular complexity index is 688. The van der Waals surface area contributed by atoms with E-state index in [9.17, 15) is 24.6 Å². The van der Waals surface area contributed by atoms with Crippen LogP contribution in [0.2, 0.25) is 0 Å². The maximum Gasteiger partial charge on any atom is 0.228 e. The fourth-order valence-electron chi connectivity index (χ4n) is 2.57. The van der Waals surface area contributed by atoms with Crippen LogP contribution in [0.3, 0.4) is 0 Å². The number of carbonyl (C=O) groups excluding carboxylic acids is 3. The van der Waals surface area contributed by atoms with Crippen LogP contribution in [-0.2, 0) is 19.1 Å².